The third-order valence-corrected chi connectivity index (χ3v) is 9.11. The van der Waals surface area contributed by atoms with Gasteiger partial charge in [-0.15, -0.1) is 11.3 Å². The van der Waals surface area contributed by atoms with Crippen LogP contribution in [-0.2, 0) is 10.2 Å². The number of likely N-dealkylation sites (N-methyl/N-ethyl adjacent to an activating group) is 1. The lowest BCUT2D eigenvalue weighted by Crippen LogP contribution is -2.54. The summed E-state index contributed by atoms with van der Waals surface area (Å²) in [6.07, 6.45) is 4.86. The molecule has 2 amide bonds. The Labute approximate surface area is 207 Å². The lowest BCUT2D eigenvalue weighted by molar-refractivity contribution is 0.251. The van der Waals surface area contributed by atoms with E-state index in [2.05, 4.69) is 47.7 Å². The van der Waals surface area contributed by atoms with Crippen LogP contribution in [0.4, 0.5) is 16.2 Å². The van der Waals surface area contributed by atoms with Crippen LogP contribution in [0.1, 0.15) is 82.0 Å². The molecule has 9 nitrogen and oxygen atoms in total. The highest BCUT2D eigenvalue weighted by molar-refractivity contribution is 7.91. The molecule has 3 rings (SSSR count). The first kappa shape index (κ1) is 26.5. The maximum Gasteiger partial charge on any atom is 0.334 e. The predicted octanol–water partition coefficient (Wildman–Crippen LogP) is 4.74. The molecule has 2 N–H and O–H groups in total. The molecule has 11 heteroatoms. The molecule has 34 heavy (non-hydrogen) atoms. The first-order valence-corrected chi connectivity index (χ1v) is 14.1. The molecule has 2 aromatic rings. The molecule has 0 aliphatic carbocycles. The molecule has 2 aromatic heterocycles. The van der Waals surface area contributed by atoms with E-state index in [4.69, 9.17) is 0 Å². The molecule has 3 heterocycles. The molecular formula is C23H38N6O3S2. The maximum atomic E-state index is 13.6. The van der Waals surface area contributed by atoms with Gasteiger partial charge in [-0.05, 0) is 58.2 Å². The monoisotopic (exact) mass is 510 g/mol. The number of hydrogen-bond acceptors (Lipinski definition) is 6. The van der Waals surface area contributed by atoms with Gasteiger partial charge in [0.25, 0.3) is 0 Å². The highest BCUT2D eigenvalue weighted by Crippen LogP contribution is 2.37. The summed E-state index contributed by atoms with van der Waals surface area (Å²) in [5.74, 6) is 0.529. The van der Waals surface area contributed by atoms with Gasteiger partial charge >= 0.3 is 16.2 Å². The summed E-state index contributed by atoms with van der Waals surface area (Å²) in [6, 6.07) is 0.971. The van der Waals surface area contributed by atoms with Gasteiger partial charge in [-0.3, -0.25) is 4.68 Å². The summed E-state index contributed by atoms with van der Waals surface area (Å²) in [7, 11) is -2.20. The van der Waals surface area contributed by atoms with Crippen molar-refractivity contribution in [3.8, 4) is 0 Å². The molecule has 0 spiro atoms. The fraction of sp³-hybridized carbons (Fsp3) is 0.652. The third kappa shape index (κ3) is 6.11. The van der Waals surface area contributed by atoms with Crippen molar-refractivity contribution in [1.29, 1.82) is 0 Å². The van der Waals surface area contributed by atoms with Crippen LogP contribution in [0, 0.1) is 0 Å². The van der Waals surface area contributed by atoms with Gasteiger partial charge in [0.2, 0.25) is 0 Å². The second-order valence-electron chi connectivity index (χ2n) is 9.92. The van der Waals surface area contributed by atoms with E-state index in [0.717, 1.165) is 22.7 Å². The number of aromatic nitrogens is 2. The van der Waals surface area contributed by atoms with Gasteiger partial charge in [-0.25, -0.2) is 13.8 Å². The number of nitrogens with one attached hydrogen (secondary N) is 2. The number of thiophene rings is 1. The smallest absolute Gasteiger partial charge is 0.306 e. The summed E-state index contributed by atoms with van der Waals surface area (Å²) >= 11 is 1.65. The summed E-state index contributed by atoms with van der Waals surface area (Å²) in [6.45, 7) is 13.8. The molecule has 1 aliphatic rings. The Bertz CT molecular complexity index is 1090. The third-order valence-electron chi connectivity index (χ3n) is 5.90. The second kappa shape index (κ2) is 10.7. The maximum absolute atomic E-state index is 13.6. The van der Waals surface area contributed by atoms with Gasteiger partial charge in [-0.2, -0.15) is 13.5 Å². The van der Waals surface area contributed by atoms with Gasteiger partial charge in [0.05, 0.1) is 23.6 Å². The summed E-state index contributed by atoms with van der Waals surface area (Å²) in [5, 5.41) is 7.12. The van der Waals surface area contributed by atoms with Crippen molar-refractivity contribution in [2.24, 2.45) is 0 Å². The minimum atomic E-state index is -4.18. The van der Waals surface area contributed by atoms with Gasteiger partial charge in [0.1, 0.15) is 0 Å². The van der Waals surface area contributed by atoms with Gasteiger partial charge < -0.3 is 10.2 Å². The first-order chi connectivity index (χ1) is 15.9. The standard InChI is InChI=1S/C23H38N6O3S2/c1-15(2)21-11-20(22(33-21)16(3)4)25-23(30)26-34(31,32)29(18-9-8-10-27(7)13-18)19-12-24-28(14-19)17(5)6/h11-12,14-18H,8-10,13H2,1-7H3,(H2,25,26,30). The van der Waals surface area contributed by atoms with Gasteiger partial charge in [0, 0.05) is 28.5 Å². The van der Waals surface area contributed by atoms with Crippen LogP contribution in [-0.4, -0.2) is 55.3 Å². The quantitative estimate of drug-likeness (QED) is 0.534. The first-order valence-electron chi connectivity index (χ1n) is 11.9. The van der Waals surface area contributed by atoms with Gasteiger partial charge in [0.15, 0.2) is 0 Å². The average molecular weight is 511 g/mol. The highest BCUT2D eigenvalue weighted by atomic mass is 32.2. The normalized spacial score (nSPS) is 17.5. The number of anilines is 2. The minimum absolute atomic E-state index is 0.0896. The van der Waals surface area contributed by atoms with Crippen molar-refractivity contribution in [2.45, 2.75) is 78.3 Å². The molecule has 190 valence electrons. The van der Waals surface area contributed by atoms with E-state index in [1.807, 2.05) is 27.0 Å². The fourth-order valence-corrected chi connectivity index (χ4v) is 6.59. The molecule has 0 aromatic carbocycles. The van der Waals surface area contributed by atoms with E-state index in [1.165, 1.54) is 4.31 Å². The number of nitrogens with zero attached hydrogens (tertiary/aromatic N) is 4. The Hall–Kier alpha value is -2.11. The number of likely N-dealkylation sites (tertiary alicyclic amines) is 1. The van der Waals surface area contributed by atoms with Gasteiger partial charge in [-0.1, -0.05) is 27.7 Å². The molecule has 1 saturated heterocycles. The van der Waals surface area contributed by atoms with Crippen molar-refractivity contribution in [1.82, 2.24) is 19.4 Å². The van der Waals surface area contributed by atoms with Crippen molar-refractivity contribution >= 4 is 39.0 Å². The van der Waals surface area contributed by atoms with Crippen molar-refractivity contribution in [3.05, 3.63) is 28.2 Å². The number of carbonyl (C=O) groups is 1. The zero-order chi connectivity index (χ0) is 25.2. The number of amides is 2. The van der Waals surface area contributed by atoms with Crippen molar-refractivity contribution in [3.63, 3.8) is 0 Å². The Morgan fingerprint density at radius 3 is 2.47 bits per heavy atom. The van der Waals surface area contributed by atoms with Crippen LogP contribution in [0.3, 0.4) is 0 Å². The Morgan fingerprint density at radius 2 is 1.91 bits per heavy atom. The molecule has 1 aliphatic heterocycles. The predicted molar refractivity (Wildman–Crippen MR) is 139 cm³/mol. The zero-order valence-corrected chi connectivity index (χ0v) is 22.8. The highest BCUT2D eigenvalue weighted by Gasteiger charge is 2.35. The average Bonchev–Trinajstić information content (AvgIpc) is 3.35. The van der Waals surface area contributed by atoms with Crippen molar-refractivity contribution < 1.29 is 13.2 Å². The summed E-state index contributed by atoms with van der Waals surface area (Å²) in [5.41, 5.74) is 1.11. The molecule has 0 saturated carbocycles. The Balaban J connectivity index is 1.87. The number of urea groups is 1. The lowest BCUT2D eigenvalue weighted by atomic mass is 10.1. The largest absolute Gasteiger partial charge is 0.334 e. The molecule has 1 unspecified atom stereocenters. The van der Waals surface area contributed by atoms with E-state index in [1.54, 1.807) is 28.4 Å². The van der Waals surface area contributed by atoms with Crippen LogP contribution < -0.4 is 14.3 Å². The van der Waals surface area contributed by atoms with Crippen LogP contribution >= 0.6 is 11.3 Å². The number of hydrogen-bond donors (Lipinski definition) is 2. The molecule has 1 atom stereocenters. The Morgan fingerprint density at radius 1 is 1.21 bits per heavy atom. The van der Waals surface area contributed by atoms with Crippen molar-refractivity contribution in [2.75, 3.05) is 29.8 Å². The molecule has 0 radical (unpaired) electrons. The molecular weight excluding hydrogens is 472 g/mol. The zero-order valence-electron chi connectivity index (χ0n) is 21.2. The second-order valence-corrected chi connectivity index (χ2v) is 12.6. The SMILES string of the molecule is CC(C)c1cc(NC(=O)NS(=O)(=O)N(c2cnn(C(C)C)c2)C2CCCN(C)C2)c(C(C)C)s1. The molecule has 0 bridgehead atoms. The number of carbonyl (C=O) groups excluding carboxylic acids is 1. The van der Waals surface area contributed by atoms with Crippen LogP contribution in [0.15, 0.2) is 18.5 Å². The molecule has 1 fully saturated rings. The van der Waals surface area contributed by atoms with Crippen LogP contribution in [0.5, 0.6) is 0 Å². The fourth-order valence-electron chi connectivity index (χ4n) is 4.15. The van der Waals surface area contributed by atoms with Crippen LogP contribution in [0.25, 0.3) is 0 Å². The summed E-state index contributed by atoms with van der Waals surface area (Å²) < 4.78 is 32.4. The Kier molecular flexibility index (Phi) is 8.30. The summed E-state index contributed by atoms with van der Waals surface area (Å²) in [4.78, 5) is 17.2. The topological polar surface area (TPSA) is 99.6 Å². The minimum Gasteiger partial charge on any atom is -0.306 e. The van der Waals surface area contributed by atoms with E-state index in [0.29, 0.717) is 30.3 Å². The van der Waals surface area contributed by atoms with E-state index in [-0.39, 0.29) is 18.0 Å². The van der Waals surface area contributed by atoms with Crippen LogP contribution in [0.2, 0.25) is 0 Å². The van der Waals surface area contributed by atoms with E-state index >= 15 is 0 Å². The lowest BCUT2D eigenvalue weighted by Gasteiger charge is -2.37. The van der Waals surface area contributed by atoms with E-state index < -0.39 is 16.2 Å². The van der Waals surface area contributed by atoms with E-state index in [9.17, 15) is 13.2 Å². The number of piperidine rings is 1. The number of rotatable bonds is 8.